The van der Waals surface area contributed by atoms with Gasteiger partial charge in [0.15, 0.2) is 5.79 Å². The number of ether oxygens (including phenoxy) is 1. The lowest BCUT2D eigenvalue weighted by atomic mass is 9.91. The highest BCUT2D eigenvalue weighted by Crippen LogP contribution is 2.27. The summed E-state index contributed by atoms with van der Waals surface area (Å²) >= 11 is 0. The fourth-order valence-corrected chi connectivity index (χ4v) is 1.50. The van der Waals surface area contributed by atoms with Crippen molar-refractivity contribution in [3.8, 4) is 0 Å². The molecule has 0 aromatic heterocycles. The van der Waals surface area contributed by atoms with Gasteiger partial charge in [0.2, 0.25) is 0 Å². The molecule has 3 nitrogen and oxygen atoms in total. The van der Waals surface area contributed by atoms with E-state index in [-0.39, 0.29) is 6.04 Å². The summed E-state index contributed by atoms with van der Waals surface area (Å²) in [7, 11) is 0. The molecule has 1 rings (SSSR count). The summed E-state index contributed by atoms with van der Waals surface area (Å²) in [5, 5.41) is 9.84. The molecule has 70 valence electrons. The average molecular weight is 171 g/mol. The second-order valence-corrected chi connectivity index (χ2v) is 3.60. The summed E-state index contributed by atoms with van der Waals surface area (Å²) in [5.74, 6) is -0.737. The van der Waals surface area contributed by atoms with Gasteiger partial charge in [-0.25, -0.2) is 0 Å². The standard InChI is InChI=1S/C9H17NO2/c1-3-4-9(11)8(10)5-7(2)6-12-9/h3,7-8,11H,1,4-6,10H2,2H3. The smallest absolute Gasteiger partial charge is 0.184 e. The Hall–Kier alpha value is -0.380. The van der Waals surface area contributed by atoms with Crippen LogP contribution in [0.4, 0.5) is 0 Å². The minimum Gasteiger partial charge on any atom is -0.364 e. The van der Waals surface area contributed by atoms with Gasteiger partial charge in [-0.3, -0.25) is 0 Å². The second-order valence-electron chi connectivity index (χ2n) is 3.60. The van der Waals surface area contributed by atoms with E-state index in [1.54, 1.807) is 6.08 Å². The van der Waals surface area contributed by atoms with E-state index < -0.39 is 5.79 Å². The van der Waals surface area contributed by atoms with Crippen molar-refractivity contribution in [1.29, 1.82) is 0 Å². The van der Waals surface area contributed by atoms with Crippen LogP contribution in [0.2, 0.25) is 0 Å². The van der Waals surface area contributed by atoms with Gasteiger partial charge in [-0.2, -0.15) is 0 Å². The van der Waals surface area contributed by atoms with Crippen LogP contribution in [0.5, 0.6) is 0 Å². The molecule has 0 aliphatic carbocycles. The Morgan fingerprint density at radius 2 is 2.50 bits per heavy atom. The summed E-state index contributed by atoms with van der Waals surface area (Å²) in [5.41, 5.74) is 5.77. The predicted octanol–water partition coefficient (Wildman–Crippen LogP) is 0.635. The molecule has 0 saturated carbocycles. The van der Waals surface area contributed by atoms with Gasteiger partial charge in [0.05, 0.1) is 12.6 Å². The van der Waals surface area contributed by atoms with Crippen molar-refractivity contribution in [1.82, 2.24) is 0 Å². The van der Waals surface area contributed by atoms with Gasteiger partial charge >= 0.3 is 0 Å². The van der Waals surface area contributed by atoms with Crippen molar-refractivity contribution in [2.75, 3.05) is 6.61 Å². The van der Waals surface area contributed by atoms with E-state index in [1.807, 2.05) is 0 Å². The fraction of sp³-hybridized carbons (Fsp3) is 0.778. The molecule has 1 aliphatic rings. The number of nitrogens with two attached hydrogens (primary N) is 1. The monoisotopic (exact) mass is 171 g/mol. The van der Waals surface area contributed by atoms with Crippen LogP contribution in [0, 0.1) is 5.92 Å². The highest BCUT2D eigenvalue weighted by Gasteiger charge is 2.38. The van der Waals surface area contributed by atoms with Gasteiger partial charge in [-0.1, -0.05) is 13.0 Å². The Kier molecular flexibility index (Phi) is 2.88. The zero-order chi connectivity index (χ0) is 9.19. The van der Waals surface area contributed by atoms with Crippen LogP contribution in [0.3, 0.4) is 0 Å². The molecule has 1 saturated heterocycles. The first kappa shape index (κ1) is 9.71. The van der Waals surface area contributed by atoms with E-state index in [0.29, 0.717) is 18.9 Å². The quantitative estimate of drug-likeness (QED) is 0.599. The molecule has 0 aromatic rings. The molecule has 0 spiro atoms. The first-order valence-corrected chi connectivity index (χ1v) is 4.31. The minimum atomic E-state index is -1.17. The normalized spacial score (nSPS) is 42.6. The minimum absolute atomic E-state index is 0.292. The van der Waals surface area contributed by atoms with Crippen LogP contribution < -0.4 is 5.73 Å². The highest BCUT2D eigenvalue weighted by molar-refractivity contribution is 4.91. The molecule has 3 unspecified atom stereocenters. The summed E-state index contributed by atoms with van der Waals surface area (Å²) in [6.07, 6.45) is 2.85. The molecule has 3 atom stereocenters. The molecule has 3 heteroatoms. The van der Waals surface area contributed by atoms with E-state index in [9.17, 15) is 5.11 Å². The SMILES string of the molecule is C=CCC1(O)OCC(C)CC1N. The van der Waals surface area contributed by atoms with E-state index in [2.05, 4.69) is 13.5 Å². The van der Waals surface area contributed by atoms with Gasteiger partial charge in [0, 0.05) is 6.42 Å². The van der Waals surface area contributed by atoms with E-state index in [1.165, 1.54) is 0 Å². The maximum Gasteiger partial charge on any atom is 0.184 e. The molecule has 0 amide bonds. The molecular formula is C9H17NO2. The number of aliphatic hydroxyl groups is 1. The first-order valence-electron chi connectivity index (χ1n) is 4.31. The fourth-order valence-electron chi connectivity index (χ4n) is 1.50. The van der Waals surface area contributed by atoms with Crippen LogP contribution >= 0.6 is 0 Å². The third-order valence-electron chi connectivity index (χ3n) is 2.29. The van der Waals surface area contributed by atoms with Gasteiger partial charge in [-0.15, -0.1) is 6.58 Å². The Morgan fingerprint density at radius 3 is 3.00 bits per heavy atom. The number of rotatable bonds is 2. The molecule has 1 fully saturated rings. The zero-order valence-corrected chi connectivity index (χ0v) is 7.49. The maximum absolute atomic E-state index is 9.84. The first-order chi connectivity index (χ1) is 5.58. The van der Waals surface area contributed by atoms with E-state index in [0.717, 1.165) is 6.42 Å². The number of hydrogen-bond acceptors (Lipinski definition) is 3. The van der Waals surface area contributed by atoms with Crippen LogP contribution in [0.25, 0.3) is 0 Å². The van der Waals surface area contributed by atoms with Crippen molar-refractivity contribution in [2.24, 2.45) is 11.7 Å². The van der Waals surface area contributed by atoms with Gasteiger partial charge in [0.1, 0.15) is 0 Å². The van der Waals surface area contributed by atoms with Gasteiger partial charge in [-0.05, 0) is 12.3 Å². The Balaban J connectivity index is 2.59. The summed E-state index contributed by atoms with van der Waals surface area (Å²) in [4.78, 5) is 0. The lowest BCUT2D eigenvalue weighted by Gasteiger charge is -2.39. The van der Waals surface area contributed by atoms with Crippen LogP contribution in [-0.4, -0.2) is 23.5 Å². The highest BCUT2D eigenvalue weighted by atomic mass is 16.6. The third kappa shape index (κ3) is 1.86. The zero-order valence-electron chi connectivity index (χ0n) is 7.49. The molecule has 3 N–H and O–H groups in total. The molecule has 0 aromatic carbocycles. The molecule has 1 aliphatic heterocycles. The van der Waals surface area contributed by atoms with Crippen molar-refractivity contribution in [3.63, 3.8) is 0 Å². The van der Waals surface area contributed by atoms with Crippen molar-refractivity contribution < 1.29 is 9.84 Å². The largest absolute Gasteiger partial charge is 0.364 e. The lowest BCUT2D eigenvalue weighted by molar-refractivity contribution is -0.242. The van der Waals surface area contributed by atoms with Gasteiger partial charge < -0.3 is 15.6 Å². The molecular weight excluding hydrogens is 154 g/mol. The van der Waals surface area contributed by atoms with E-state index in [4.69, 9.17) is 10.5 Å². The summed E-state index contributed by atoms with van der Waals surface area (Å²) in [6, 6.07) is -0.292. The Bertz CT molecular complexity index is 172. The molecule has 12 heavy (non-hydrogen) atoms. The topological polar surface area (TPSA) is 55.5 Å². The average Bonchev–Trinajstić information content (AvgIpc) is 1.99. The molecule has 0 radical (unpaired) electrons. The summed E-state index contributed by atoms with van der Waals surface area (Å²) < 4.78 is 5.29. The van der Waals surface area contributed by atoms with E-state index >= 15 is 0 Å². The Labute approximate surface area is 73.2 Å². The van der Waals surface area contributed by atoms with Crippen LogP contribution in [-0.2, 0) is 4.74 Å². The third-order valence-corrected chi connectivity index (χ3v) is 2.29. The van der Waals surface area contributed by atoms with Crippen molar-refractivity contribution >= 4 is 0 Å². The predicted molar refractivity (Wildman–Crippen MR) is 47.5 cm³/mol. The molecule has 1 heterocycles. The maximum atomic E-state index is 9.84. The van der Waals surface area contributed by atoms with Crippen LogP contribution in [0.15, 0.2) is 12.7 Å². The van der Waals surface area contributed by atoms with Gasteiger partial charge in [0.25, 0.3) is 0 Å². The lowest BCUT2D eigenvalue weighted by Crippen LogP contribution is -2.54. The Morgan fingerprint density at radius 1 is 1.83 bits per heavy atom. The van der Waals surface area contributed by atoms with Crippen molar-refractivity contribution in [2.45, 2.75) is 31.6 Å². The second kappa shape index (κ2) is 3.56. The van der Waals surface area contributed by atoms with Crippen LogP contribution in [0.1, 0.15) is 19.8 Å². The number of hydrogen-bond donors (Lipinski definition) is 2. The molecule has 0 bridgehead atoms. The van der Waals surface area contributed by atoms with Crippen molar-refractivity contribution in [3.05, 3.63) is 12.7 Å². The summed E-state index contributed by atoms with van der Waals surface area (Å²) in [6.45, 7) is 6.20.